The van der Waals surface area contributed by atoms with E-state index < -0.39 is 0 Å². The molecule has 0 aliphatic carbocycles. The molecule has 1 amide bonds. The Morgan fingerprint density at radius 2 is 2.14 bits per heavy atom. The number of carbonyl (C=O) groups excluding carboxylic acids is 1. The zero-order valence-corrected chi connectivity index (χ0v) is 12.4. The minimum Gasteiger partial charge on any atom is -0.493 e. The number of rotatable bonds is 4. The van der Waals surface area contributed by atoms with Gasteiger partial charge >= 0.3 is 0 Å². The summed E-state index contributed by atoms with van der Waals surface area (Å²) in [6.07, 6.45) is 2.14. The van der Waals surface area contributed by atoms with Crippen LogP contribution in [0.25, 0.3) is 11.0 Å². The third kappa shape index (κ3) is 2.49. The van der Waals surface area contributed by atoms with Crippen molar-refractivity contribution in [1.82, 2.24) is 10.2 Å². The molecule has 5 heteroatoms. The summed E-state index contributed by atoms with van der Waals surface area (Å²) in [7, 11) is 3.50. The lowest BCUT2D eigenvalue weighted by Gasteiger charge is -2.12. The number of nitrogens with zero attached hydrogens (tertiary/aromatic N) is 1. The molecule has 0 radical (unpaired) electrons. The summed E-state index contributed by atoms with van der Waals surface area (Å²) in [6.45, 7) is 2.35. The Hall–Kier alpha value is -2.01. The quantitative estimate of drug-likeness (QED) is 0.938. The molecule has 2 aromatic rings. The second-order valence-corrected chi connectivity index (χ2v) is 5.31. The molecule has 0 unspecified atom stereocenters. The highest BCUT2D eigenvalue weighted by Gasteiger charge is 2.24. The van der Waals surface area contributed by atoms with Gasteiger partial charge in [0.2, 0.25) is 0 Å². The van der Waals surface area contributed by atoms with Gasteiger partial charge in [-0.3, -0.25) is 4.79 Å². The van der Waals surface area contributed by atoms with Gasteiger partial charge in [-0.25, -0.2) is 0 Å². The van der Waals surface area contributed by atoms with Gasteiger partial charge in [0.1, 0.15) is 0 Å². The zero-order chi connectivity index (χ0) is 14.8. The third-order valence-electron chi connectivity index (χ3n) is 3.93. The maximum atomic E-state index is 12.5. The lowest BCUT2D eigenvalue weighted by molar-refractivity contribution is 0.0763. The van der Waals surface area contributed by atoms with Crippen LogP contribution >= 0.6 is 0 Å². The van der Waals surface area contributed by atoms with E-state index in [9.17, 15) is 4.79 Å². The fourth-order valence-electron chi connectivity index (χ4n) is 2.84. The molecule has 0 saturated carbocycles. The Bertz CT molecular complexity index is 657. The van der Waals surface area contributed by atoms with Crippen LogP contribution in [0.1, 0.15) is 29.0 Å². The normalized spacial score (nSPS) is 14.9. The molecule has 0 spiro atoms. The molecule has 1 aromatic heterocycles. The predicted molar refractivity (Wildman–Crippen MR) is 80.7 cm³/mol. The Morgan fingerprint density at radius 1 is 1.38 bits per heavy atom. The van der Waals surface area contributed by atoms with E-state index >= 15 is 0 Å². The highest BCUT2D eigenvalue weighted by molar-refractivity contribution is 5.98. The van der Waals surface area contributed by atoms with Crippen molar-refractivity contribution in [3.63, 3.8) is 0 Å². The molecule has 0 bridgehead atoms. The van der Waals surface area contributed by atoms with Crippen LogP contribution in [0.2, 0.25) is 0 Å². The molecule has 2 heterocycles. The molecule has 5 nitrogen and oxygen atoms in total. The second-order valence-electron chi connectivity index (χ2n) is 5.31. The first kappa shape index (κ1) is 13.9. The van der Waals surface area contributed by atoms with Gasteiger partial charge < -0.3 is 19.4 Å². The average Bonchev–Trinajstić information content (AvgIpc) is 3.16. The molecular formula is C16H20N2O3. The summed E-state index contributed by atoms with van der Waals surface area (Å²) in [5, 5.41) is 4.07. The molecule has 1 N–H and O–H groups in total. The summed E-state index contributed by atoms with van der Waals surface area (Å²) in [5.41, 5.74) is 1.74. The van der Waals surface area contributed by atoms with Gasteiger partial charge in [-0.05, 0) is 37.6 Å². The number of carbonyl (C=O) groups is 1. The van der Waals surface area contributed by atoms with E-state index in [1.54, 1.807) is 7.11 Å². The number of nitrogens with one attached hydrogen (secondary N) is 1. The van der Waals surface area contributed by atoms with Crippen molar-refractivity contribution in [3.8, 4) is 5.75 Å². The molecule has 112 valence electrons. The van der Waals surface area contributed by atoms with Gasteiger partial charge in [-0.1, -0.05) is 6.07 Å². The fraction of sp³-hybridized carbons (Fsp3) is 0.438. The van der Waals surface area contributed by atoms with E-state index in [2.05, 4.69) is 5.32 Å². The molecule has 0 atom stereocenters. The van der Waals surface area contributed by atoms with E-state index in [4.69, 9.17) is 9.15 Å². The van der Waals surface area contributed by atoms with Gasteiger partial charge in [-0.2, -0.15) is 0 Å². The average molecular weight is 288 g/mol. The van der Waals surface area contributed by atoms with Crippen LogP contribution in [-0.2, 0) is 6.54 Å². The van der Waals surface area contributed by atoms with Gasteiger partial charge in [0.25, 0.3) is 5.91 Å². The lowest BCUT2D eigenvalue weighted by atomic mass is 10.1. The number of methoxy groups -OCH3 is 1. The summed E-state index contributed by atoms with van der Waals surface area (Å²) < 4.78 is 11.1. The Morgan fingerprint density at radius 3 is 2.81 bits per heavy atom. The Kier molecular flexibility index (Phi) is 3.84. The first-order valence-corrected chi connectivity index (χ1v) is 7.28. The lowest BCUT2D eigenvalue weighted by Crippen LogP contribution is -2.27. The van der Waals surface area contributed by atoms with E-state index in [0.29, 0.717) is 17.1 Å². The Labute approximate surface area is 123 Å². The Balaban J connectivity index is 2.04. The highest BCUT2D eigenvalue weighted by Crippen LogP contribution is 2.32. The van der Waals surface area contributed by atoms with Crippen LogP contribution in [0.4, 0.5) is 0 Å². The number of fused-ring (bicyclic) bond motifs is 1. The first-order valence-electron chi connectivity index (χ1n) is 7.28. The maximum absolute atomic E-state index is 12.5. The number of ether oxygens (including phenoxy) is 1. The minimum atomic E-state index is -0.0267. The second kappa shape index (κ2) is 5.77. The van der Waals surface area contributed by atoms with Crippen LogP contribution in [0.3, 0.4) is 0 Å². The van der Waals surface area contributed by atoms with Crippen LogP contribution < -0.4 is 10.1 Å². The molecule has 1 aliphatic rings. The molecular weight excluding hydrogens is 268 g/mol. The van der Waals surface area contributed by atoms with Crippen molar-refractivity contribution in [2.75, 3.05) is 27.2 Å². The number of benzene rings is 1. The van der Waals surface area contributed by atoms with Gasteiger partial charge in [-0.15, -0.1) is 0 Å². The van der Waals surface area contributed by atoms with Gasteiger partial charge in [0.15, 0.2) is 17.1 Å². The zero-order valence-electron chi connectivity index (χ0n) is 12.4. The minimum absolute atomic E-state index is 0.0267. The summed E-state index contributed by atoms with van der Waals surface area (Å²) >= 11 is 0. The topological polar surface area (TPSA) is 54.7 Å². The van der Waals surface area contributed by atoms with Crippen LogP contribution in [-0.4, -0.2) is 38.1 Å². The van der Waals surface area contributed by atoms with Crippen molar-refractivity contribution in [3.05, 3.63) is 29.5 Å². The number of hydrogen-bond acceptors (Lipinski definition) is 4. The van der Waals surface area contributed by atoms with Crippen molar-refractivity contribution >= 4 is 16.9 Å². The predicted octanol–water partition coefficient (Wildman–Crippen LogP) is 2.40. The standard InChI is InChI=1S/C16H20N2O3/c1-17-10-11-5-6-13(20-2)15-12(11)9-14(21-15)16(19)18-7-3-4-8-18/h5-6,9,17H,3-4,7-8,10H2,1-2H3. The van der Waals surface area contributed by atoms with Crippen molar-refractivity contribution in [1.29, 1.82) is 0 Å². The van der Waals surface area contributed by atoms with E-state index in [1.165, 1.54) is 0 Å². The monoisotopic (exact) mass is 288 g/mol. The van der Waals surface area contributed by atoms with Crippen LogP contribution in [0.15, 0.2) is 22.6 Å². The third-order valence-corrected chi connectivity index (χ3v) is 3.93. The van der Waals surface area contributed by atoms with E-state index in [1.807, 2.05) is 30.1 Å². The number of likely N-dealkylation sites (tertiary alicyclic amines) is 1. The SMILES string of the molecule is CNCc1ccc(OC)c2oc(C(=O)N3CCCC3)cc12. The summed E-state index contributed by atoms with van der Waals surface area (Å²) in [4.78, 5) is 14.3. The van der Waals surface area contributed by atoms with Crippen molar-refractivity contribution < 1.29 is 13.9 Å². The number of hydrogen-bond donors (Lipinski definition) is 1. The first-order chi connectivity index (χ1) is 10.2. The van der Waals surface area contributed by atoms with Gasteiger partial charge in [0, 0.05) is 25.0 Å². The van der Waals surface area contributed by atoms with E-state index in [0.717, 1.165) is 43.4 Å². The molecule has 1 fully saturated rings. The number of furan rings is 1. The van der Waals surface area contributed by atoms with Crippen LogP contribution in [0, 0.1) is 0 Å². The van der Waals surface area contributed by atoms with Gasteiger partial charge in [0.05, 0.1) is 7.11 Å². The summed E-state index contributed by atoms with van der Waals surface area (Å²) in [6, 6.07) is 5.71. The molecule has 1 aliphatic heterocycles. The van der Waals surface area contributed by atoms with Crippen molar-refractivity contribution in [2.24, 2.45) is 0 Å². The van der Waals surface area contributed by atoms with Crippen LogP contribution in [0.5, 0.6) is 5.75 Å². The molecule has 1 saturated heterocycles. The number of amides is 1. The highest BCUT2D eigenvalue weighted by atomic mass is 16.5. The largest absolute Gasteiger partial charge is 0.493 e. The molecule has 3 rings (SSSR count). The fourth-order valence-corrected chi connectivity index (χ4v) is 2.84. The van der Waals surface area contributed by atoms with E-state index in [-0.39, 0.29) is 5.91 Å². The smallest absolute Gasteiger partial charge is 0.289 e. The molecule has 1 aromatic carbocycles. The van der Waals surface area contributed by atoms with Crippen molar-refractivity contribution in [2.45, 2.75) is 19.4 Å². The molecule has 21 heavy (non-hydrogen) atoms. The maximum Gasteiger partial charge on any atom is 0.289 e. The summed E-state index contributed by atoms with van der Waals surface area (Å²) in [5.74, 6) is 1.03.